The molecule has 0 spiro atoms. The van der Waals surface area contributed by atoms with Crippen LogP contribution in [0.1, 0.15) is 32.3 Å². The van der Waals surface area contributed by atoms with Crippen molar-refractivity contribution in [3.8, 4) is 11.3 Å². The third-order valence-corrected chi connectivity index (χ3v) is 6.20. The number of aromatic amines is 1. The first-order valence-electron chi connectivity index (χ1n) is 9.60. The van der Waals surface area contributed by atoms with E-state index in [4.69, 9.17) is 4.98 Å². The third-order valence-electron chi connectivity index (χ3n) is 6.20. The summed E-state index contributed by atoms with van der Waals surface area (Å²) in [6.45, 7) is 3.94. The molecule has 2 aromatic heterocycles. The first-order valence-corrected chi connectivity index (χ1v) is 9.60. The monoisotopic (exact) mass is 347 g/mol. The molecule has 3 heteroatoms. The molecule has 0 aliphatic carbocycles. The van der Waals surface area contributed by atoms with Crippen molar-refractivity contribution >= 4 is 10.9 Å². The summed E-state index contributed by atoms with van der Waals surface area (Å²) in [6, 6.07) is 13.1. The smallest absolute Gasteiger partial charge is 0.0702 e. The van der Waals surface area contributed by atoms with Crippen LogP contribution in [0.25, 0.3) is 22.2 Å². The summed E-state index contributed by atoms with van der Waals surface area (Å²) in [5, 5.41) is 1.25. The van der Waals surface area contributed by atoms with Crippen LogP contribution >= 0.6 is 0 Å². The maximum absolute atomic E-state index is 4.76. The van der Waals surface area contributed by atoms with E-state index in [1.165, 1.54) is 67.3 Å². The number of benzene rings is 1. The highest BCUT2D eigenvalue weighted by Crippen LogP contribution is 2.33. The molecule has 4 heterocycles. The summed E-state index contributed by atoms with van der Waals surface area (Å²) in [6.07, 6.45) is 9.45. The zero-order valence-electron chi connectivity index (χ0n) is 14.6. The van der Waals surface area contributed by atoms with Crippen LogP contribution in [-0.2, 0) is 6.42 Å². The van der Waals surface area contributed by atoms with Gasteiger partial charge in [0, 0.05) is 30.0 Å². The van der Waals surface area contributed by atoms with E-state index in [0.29, 0.717) is 0 Å². The number of rotatable bonds is 3. The fourth-order valence-electron chi connectivity index (χ4n) is 4.76. The van der Waals surface area contributed by atoms with Crippen molar-refractivity contribution < 1.29 is 0 Å². The van der Waals surface area contributed by atoms with Crippen molar-refractivity contribution in [2.45, 2.75) is 33.1 Å². The van der Waals surface area contributed by atoms with Gasteiger partial charge in [-0.3, -0.25) is 4.98 Å². The molecule has 1 aromatic carbocycles. The lowest BCUT2D eigenvalue weighted by Crippen LogP contribution is -2.45. The minimum absolute atomic E-state index is 0. The van der Waals surface area contributed by atoms with Gasteiger partial charge in [0.05, 0.1) is 5.69 Å². The van der Waals surface area contributed by atoms with Crippen LogP contribution in [0.2, 0.25) is 0 Å². The number of hydrogen-bond acceptors (Lipinski definition) is 2. The number of fused-ring (bicyclic) bond motifs is 3. The minimum Gasteiger partial charge on any atom is -0.361 e. The van der Waals surface area contributed by atoms with Gasteiger partial charge in [0.25, 0.3) is 0 Å². The van der Waals surface area contributed by atoms with Gasteiger partial charge in [-0.05, 0) is 79.8 Å². The number of hydrogen-bond donors (Lipinski definition) is 1. The second kappa shape index (κ2) is 7.24. The van der Waals surface area contributed by atoms with Gasteiger partial charge in [-0.15, -0.1) is 0 Å². The van der Waals surface area contributed by atoms with Gasteiger partial charge < -0.3 is 9.88 Å². The molecule has 26 heavy (non-hydrogen) atoms. The Balaban J connectivity index is 0.00000168. The van der Waals surface area contributed by atoms with Crippen LogP contribution in [0.15, 0.2) is 48.8 Å². The molecule has 1 N–H and O–H groups in total. The van der Waals surface area contributed by atoms with E-state index >= 15 is 0 Å². The SMILES string of the molecule is C.c1cc2ccc(-c3ccc(CC4CCN5CCCC4C5)cn3)cc2[nH]1. The zero-order valence-corrected chi connectivity index (χ0v) is 14.6. The number of H-pyrrole nitrogens is 1. The standard InChI is InChI=1S/C22H25N3.CH4/c1-2-20-15-25(10-1)11-8-18(20)12-16-3-6-21(24-14-16)19-5-4-17-7-9-23-22(17)13-19;/h3-7,9,13-14,18,20,23H,1-2,8,10-12,15H2;1H4. The Labute approximate surface area is 156 Å². The van der Waals surface area contributed by atoms with E-state index in [1.807, 2.05) is 6.20 Å². The second-order valence-electron chi connectivity index (χ2n) is 7.79. The molecule has 0 saturated carbocycles. The Bertz CT molecular complexity index is 865. The van der Waals surface area contributed by atoms with Crippen LogP contribution in [-0.4, -0.2) is 34.5 Å². The average molecular weight is 348 g/mol. The summed E-state index contributed by atoms with van der Waals surface area (Å²) < 4.78 is 0. The Hall–Kier alpha value is -2.13. The predicted molar refractivity (Wildman–Crippen MR) is 109 cm³/mol. The van der Waals surface area contributed by atoms with Crippen molar-refractivity contribution in [2.24, 2.45) is 11.8 Å². The van der Waals surface area contributed by atoms with E-state index in [1.54, 1.807) is 0 Å². The molecule has 136 valence electrons. The van der Waals surface area contributed by atoms with Crippen molar-refractivity contribution in [2.75, 3.05) is 19.6 Å². The Morgan fingerprint density at radius 2 is 2.04 bits per heavy atom. The van der Waals surface area contributed by atoms with Crippen LogP contribution in [0.5, 0.6) is 0 Å². The largest absolute Gasteiger partial charge is 0.361 e. The normalized spacial score (nSPS) is 25.0. The zero-order chi connectivity index (χ0) is 16.6. The second-order valence-corrected chi connectivity index (χ2v) is 7.79. The molecule has 3 unspecified atom stereocenters. The van der Waals surface area contributed by atoms with Gasteiger partial charge in [-0.1, -0.05) is 25.6 Å². The third kappa shape index (κ3) is 3.28. The van der Waals surface area contributed by atoms with Crippen LogP contribution in [0.3, 0.4) is 0 Å². The number of nitrogens with zero attached hydrogens (tertiary/aromatic N) is 2. The summed E-state index contributed by atoms with van der Waals surface area (Å²) >= 11 is 0. The van der Waals surface area contributed by atoms with E-state index in [2.05, 4.69) is 52.5 Å². The Kier molecular flexibility index (Phi) is 4.82. The van der Waals surface area contributed by atoms with Gasteiger partial charge in [0.1, 0.15) is 0 Å². The molecule has 2 aliphatic rings. The fourth-order valence-corrected chi connectivity index (χ4v) is 4.76. The lowest BCUT2D eigenvalue weighted by Gasteiger charge is -2.42. The summed E-state index contributed by atoms with van der Waals surface area (Å²) in [7, 11) is 0. The van der Waals surface area contributed by atoms with Gasteiger partial charge in [-0.25, -0.2) is 0 Å². The Morgan fingerprint density at radius 1 is 1.08 bits per heavy atom. The van der Waals surface area contributed by atoms with E-state index in [0.717, 1.165) is 17.5 Å². The molecule has 3 atom stereocenters. The van der Waals surface area contributed by atoms with E-state index in [9.17, 15) is 0 Å². The molecular formula is C23H29N3. The molecule has 2 bridgehead atoms. The van der Waals surface area contributed by atoms with Gasteiger partial charge in [-0.2, -0.15) is 0 Å². The number of pyridine rings is 1. The molecule has 3 aromatic rings. The van der Waals surface area contributed by atoms with Gasteiger partial charge in [0.15, 0.2) is 0 Å². The predicted octanol–water partition coefficient (Wildman–Crippen LogP) is 5.14. The molecule has 2 saturated heterocycles. The van der Waals surface area contributed by atoms with Gasteiger partial charge >= 0.3 is 0 Å². The number of aromatic nitrogens is 2. The highest BCUT2D eigenvalue weighted by atomic mass is 15.1. The molecule has 0 amide bonds. The van der Waals surface area contributed by atoms with E-state index < -0.39 is 0 Å². The highest BCUT2D eigenvalue weighted by molar-refractivity contribution is 5.84. The molecule has 5 rings (SSSR count). The Morgan fingerprint density at radius 3 is 2.92 bits per heavy atom. The fraction of sp³-hybridized carbons (Fsp3) is 0.435. The van der Waals surface area contributed by atoms with Crippen LogP contribution in [0.4, 0.5) is 0 Å². The lowest BCUT2D eigenvalue weighted by molar-refractivity contribution is 0.0740. The summed E-state index contributed by atoms with van der Waals surface area (Å²) in [5.41, 5.74) is 4.82. The molecule has 2 aliphatic heterocycles. The summed E-state index contributed by atoms with van der Waals surface area (Å²) in [5.74, 6) is 1.75. The highest BCUT2D eigenvalue weighted by Gasteiger charge is 2.31. The first kappa shape index (κ1) is 17.3. The van der Waals surface area contributed by atoms with E-state index in [-0.39, 0.29) is 7.43 Å². The number of piperidine rings is 2. The first-order chi connectivity index (χ1) is 12.3. The quantitative estimate of drug-likeness (QED) is 0.711. The molecule has 0 radical (unpaired) electrons. The topological polar surface area (TPSA) is 31.9 Å². The lowest BCUT2D eigenvalue weighted by atomic mass is 9.77. The van der Waals surface area contributed by atoms with Crippen LogP contribution in [0, 0.1) is 11.8 Å². The molecule has 3 nitrogen and oxygen atoms in total. The molecule has 2 fully saturated rings. The maximum Gasteiger partial charge on any atom is 0.0702 e. The minimum atomic E-state index is 0. The maximum atomic E-state index is 4.76. The van der Waals surface area contributed by atoms with Crippen molar-refractivity contribution in [3.63, 3.8) is 0 Å². The van der Waals surface area contributed by atoms with Crippen molar-refractivity contribution in [3.05, 3.63) is 54.4 Å². The van der Waals surface area contributed by atoms with Crippen molar-refractivity contribution in [1.82, 2.24) is 14.9 Å². The summed E-state index contributed by atoms with van der Waals surface area (Å²) in [4.78, 5) is 10.7. The van der Waals surface area contributed by atoms with Crippen molar-refractivity contribution in [1.29, 1.82) is 0 Å². The molecular weight excluding hydrogens is 318 g/mol. The van der Waals surface area contributed by atoms with Gasteiger partial charge in [0.2, 0.25) is 0 Å². The average Bonchev–Trinajstić information content (AvgIpc) is 3.13. The van der Waals surface area contributed by atoms with Crippen LogP contribution < -0.4 is 0 Å². The number of nitrogens with one attached hydrogen (secondary N) is 1.